The van der Waals surface area contributed by atoms with Gasteiger partial charge in [0.15, 0.2) is 0 Å². The Balaban J connectivity index is 4.25. The van der Waals surface area contributed by atoms with Crippen LogP contribution in [-0.4, -0.2) is 34.7 Å². The molecule has 0 aromatic rings. The van der Waals surface area contributed by atoms with Crippen molar-refractivity contribution in [1.82, 2.24) is 0 Å². The van der Waals surface area contributed by atoms with Crippen LogP contribution < -0.4 is 0 Å². The number of aliphatic hydroxyl groups is 1. The third-order valence-corrected chi connectivity index (χ3v) is 1.64. The molecule has 1 atom stereocenters. The highest BCUT2D eigenvalue weighted by atomic mass is 16.3. The Hall–Kier alpha value is -0.625. The van der Waals surface area contributed by atoms with Crippen LogP contribution in [0.1, 0.15) is 6.92 Å². The molecule has 0 bridgehead atoms. The van der Waals surface area contributed by atoms with Gasteiger partial charge >= 0.3 is 0 Å². The molecule has 0 rings (SSSR count). The minimum absolute atomic E-state index is 0.464. The molecule has 6 radical (unpaired) electrons. The van der Waals surface area contributed by atoms with E-state index >= 15 is 0 Å². The van der Waals surface area contributed by atoms with Gasteiger partial charge in [0.05, 0.1) is 29.6 Å². The van der Waals surface area contributed by atoms with Crippen molar-refractivity contribution in [2.75, 3.05) is 0 Å². The van der Waals surface area contributed by atoms with Crippen LogP contribution in [0.3, 0.4) is 0 Å². The lowest BCUT2D eigenvalue weighted by Crippen LogP contribution is -2.25. The van der Waals surface area contributed by atoms with Crippen LogP contribution in [0.2, 0.25) is 11.5 Å². The third-order valence-electron chi connectivity index (χ3n) is 1.64. The van der Waals surface area contributed by atoms with Crippen LogP contribution in [0.5, 0.6) is 0 Å². The summed E-state index contributed by atoms with van der Waals surface area (Å²) in [6.07, 6.45) is 9.47. The highest BCUT2D eigenvalue weighted by Crippen LogP contribution is 2.24. The maximum Gasteiger partial charge on any atom is 0.0713 e. The molecule has 0 unspecified atom stereocenters. The Morgan fingerprint density at radius 3 is 2.50 bits per heavy atom. The average molecular weight is 182 g/mol. The largest absolute Gasteiger partial charge is 0.390 e. The standard InChI is InChI=1S/C10H13B3O/c1-2-7-10(12,13)9(14)6-4-3-5-8-11/h2-7,9,14H,8H2,1H3/b5-3-,6-4+,7-2-/t9-/m1/s1. The fourth-order valence-electron chi connectivity index (χ4n) is 0.880. The Labute approximate surface area is 90.2 Å². The van der Waals surface area contributed by atoms with E-state index in [1.165, 1.54) is 6.08 Å². The summed E-state index contributed by atoms with van der Waals surface area (Å²) in [5.41, 5.74) is 0. The van der Waals surface area contributed by atoms with Gasteiger partial charge in [-0.05, 0) is 6.92 Å². The highest BCUT2D eigenvalue weighted by Gasteiger charge is 2.20. The molecule has 1 N–H and O–H groups in total. The van der Waals surface area contributed by atoms with Crippen molar-refractivity contribution in [2.45, 2.75) is 24.6 Å². The number of aliphatic hydroxyl groups excluding tert-OH is 1. The molecular weight excluding hydrogens is 169 g/mol. The van der Waals surface area contributed by atoms with Crippen molar-refractivity contribution in [3.63, 3.8) is 0 Å². The first kappa shape index (κ1) is 13.4. The van der Waals surface area contributed by atoms with E-state index in [0.717, 1.165) is 0 Å². The molecule has 0 heterocycles. The fourth-order valence-corrected chi connectivity index (χ4v) is 0.880. The van der Waals surface area contributed by atoms with Crippen LogP contribution in [0.15, 0.2) is 36.5 Å². The van der Waals surface area contributed by atoms with Crippen molar-refractivity contribution >= 4 is 23.5 Å². The zero-order chi connectivity index (χ0) is 11.0. The molecule has 1 nitrogen and oxygen atoms in total. The van der Waals surface area contributed by atoms with Gasteiger partial charge in [-0.15, -0.1) is 0 Å². The summed E-state index contributed by atoms with van der Waals surface area (Å²) in [5.74, 6) is 0. The minimum Gasteiger partial charge on any atom is -0.390 e. The zero-order valence-electron chi connectivity index (χ0n) is 8.43. The first-order valence-corrected chi connectivity index (χ1v) is 4.47. The van der Waals surface area contributed by atoms with Gasteiger partial charge in [-0.25, -0.2) is 0 Å². The molecular formula is C10H13B3O. The minimum atomic E-state index is -1.22. The Bertz CT molecular complexity index is 232. The highest BCUT2D eigenvalue weighted by molar-refractivity contribution is 6.42. The fraction of sp³-hybridized carbons (Fsp3) is 0.400. The van der Waals surface area contributed by atoms with Crippen molar-refractivity contribution in [3.05, 3.63) is 36.5 Å². The molecule has 0 aromatic heterocycles. The van der Waals surface area contributed by atoms with Crippen LogP contribution in [-0.2, 0) is 0 Å². The Kier molecular flexibility index (Phi) is 6.47. The summed E-state index contributed by atoms with van der Waals surface area (Å²) < 4.78 is 0. The predicted octanol–water partition coefficient (Wildman–Crippen LogP) is 1.08. The summed E-state index contributed by atoms with van der Waals surface area (Å²) in [6, 6.07) is 0. The molecule has 0 fully saturated rings. The van der Waals surface area contributed by atoms with Crippen LogP contribution in [0.4, 0.5) is 0 Å². The van der Waals surface area contributed by atoms with E-state index in [0.29, 0.717) is 6.32 Å². The van der Waals surface area contributed by atoms with E-state index in [-0.39, 0.29) is 0 Å². The van der Waals surface area contributed by atoms with Gasteiger partial charge in [0.2, 0.25) is 0 Å². The third kappa shape index (κ3) is 5.18. The van der Waals surface area contributed by atoms with E-state index in [9.17, 15) is 5.11 Å². The normalized spacial score (nSPS) is 15.9. The quantitative estimate of drug-likeness (QED) is 0.382. The smallest absolute Gasteiger partial charge is 0.0713 e. The second-order valence-corrected chi connectivity index (χ2v) is 2.99. The second-order valence-electron chi connectivity index (χ2n) is 2.99. The van der Waals surface area contributed by atoms with E-state index in [1.807, 2.05) is 0 Å². The van der Waals surface area contributed by atoms with E-state index < -0.39 is 11.3 Å². The SMILES string of the molecule is [B]C/C=C\C=C\[C@@H](O)C([B])([B])/C=C\C. The van der Waals surface area contributed by atoms with Crippen LogP contribution in [0, 0.1) is 0 Å². The maximum atomic E-state index is 9.55. The Morgan fingerprint density at radius 2 is 2.00 bits per heavy atom. The molecule has 0 aliphatic heterocycles. The molecule has 0 aliphatic carbocycles. The van der Waals surface area contributed by atoms with Crippen LogP contribution in [0.25, 0.3) is 0 Å². The maximum absolute atomic E-state index is 9.55. The van der Waals surface area contributed by atoms with Crippen molar-refractivity contribution < 1.29 is 5.11 Å². The van der Waals surface area contributed by atoms with E-state index in [4.69, 9.17) is 23.5 Å². The molecule has 14 heavy (non-hydrogen) atoms. The second kappa shape index (κ2) is 6.77. The molecule has 4 heteroatoms. The summed E-state index contributed by atoms with van der Waals surface area (Å²) in [6.45, 7) is 1.79. The molecule has 0 aromatic carbocycles. The van der Waals surface area contributed by atoms with Gasteiger partial charge < -0.3 is 5.11 Å². The topological polar surface area (TPSA) is 20.2 Å². The molecule has 0 saturated heterocycles. The van der Waals surface area contributed by atoms with Crippen LogP contribution >= 0.6 is 0 Å². The monoisotopic (exact) mass is 182 g/mol. The van der Waals surface area contributed by atoms with E-state index in [2.05, 4.69) is 0 Å². The summed E-state index contributed by atoms with van der Waals surface area (Å²) >= 11 is 0. The average Bonchev–Trinajstić information content (AvgIpc) is 2.12. The molecule has 0 saturated carbocycles. The first-order valence-electron chi connectivity index (χ1n) is 4.47. The first-order chi connectivity index (χ1) is 6.54. The van der Waals surface area contributed by atoms with Gasteiger partial charge in [0.25, 0.3) is 0 Å². The molecule has 0 aliphatic rings. The molecule has 0 amide bonds. The summed E-state index contributed by atoms with van der Waals surface area (Å²) in [7, 11) is 16.5. The zero-order valence-corrected chi connectivity index (χ0v) is 8.43. The lowest BCUT2D eigenvalue weighted by Gasteiger charge is -2.25. The lowest BCUT2D eigenvalue weighted by molar-refractivity contribution is 0.215. The van der Waals surface area contributed by atoms with Crippen molar-refractivity contribution in [3.8, 4) is 0 Å². The number of rotatable bonds is 5. The van der Waals surface area contributed by atoms with Gasteiger partial charge in [0, 0.05) is 0 Å². The van der Waals surface area contributed by atoms with Crippen molar-refractivity contribution in [1.29, 1.82) is 0 Å². The van der Waals surface area contributed by atoms with Gasteiger partial charge in [-0.1, -0.05) is 48.0 Å². The summed E-state index contributed by atoms with van der Waals surface area (Å²) in [4.78, 5) is 0. The van der Waals surface area contributed by atoms with Gasteiger partial charge in [0.1, 0.15) is 0 Å². The van der Waals surface area contributed by atoms with Crippen molar-refractivity contribution in [2.24, 2.45) is 0 Å². The number of hydrogen-bond donors (Lipinski definition) is 1. The number of hydrogen-bond acceptors (Lipinski definition) is 1. The van der Waals surface area contributed by atoms with Gasteiger partial charge in [-0.3, -0.25) is 0 Å². The number of allylic oxidation sites excluding steroid dienone is 4. The van der Waals surface area contributed by atoms with Gasteiger partial charge in [-0.2, -0.15) is 0 Å². The Morgan fingerprint density at radius 1 is 1.36 bits per heavy atom. The predicted molar refractivity (Wildman–Crippen MR) is 63.9 cm³/mol. The molecule has 68 valence electrons. The molecule has 0 spiro atoms. The van der Waals surface area contributed by atoms with E-state index in [1.54, 1.807) is 37.3 Å². The lowest BCUT2D eigenvalue weighted by atomic mass is 9.51. The summed E-state index contributed by atoms with van der Waals surface area (Å²) in [5, 5.41) is 8.33.